The van der Waals surface area contributed by atoms with Gasteiger partial charge in [-0.25, -0.2) is 0 Å². The second kappa shape index (κ2) is 3.37. The van der Waals surface area contributed by atoms with Crippen molar-refractivity contribution in [1.82, 2.24) is 0 Å². The van der Waals surface area contributed by atoms with Gasteiger partial charge in [0.25, 0.3) is 0 Å². The molecule has 0 saturated carbocycles. The van der Waals surface area contributed by atoms with Gasteiger partial charge in [0.1, 0.15) is 5.60 Å². The maximum atomic E-state index is 10.1. The van der Waals surface area contributed by atoms with Gasteiger partial charge in [0.05, 0.1) is 15.8 Å². The Labute approximate surface area is 96.9 Å². The van der Waals surface area contributed by atoms with Gasteiger partial charge in [-0.2, -0.15) is 0 Å². The van der Waals surface area contributed by atoms with Crippen molar-refractivity contribution in [3.8, 4) is 0 Å². The summed E-state index contributed by atoms with van der Waals surface area (Å²) in [7, 11) is 0. The standard InChI is InChI=1S/C10H9Cl2NO2/c1-10(14)6-4-8(12)7(11)2-5(6)3-9(10)13-15/h2,4,14-15H,3H2,1H3/b13-9-. The van der Waals surface area contributed by atoms with Crippen molar-refractivity contribution in [3.63, 3.8) is 0 Å². The minimum atomic E-state index is -1.27. The van der Waals surface area contributed by atoms with E-state index < -0.39 is 5.60 Å². The number of benzene rings is 1. The van der Waals surface area contributed by atoms with Crippen LogP contribution in [-0.2, 0) is 12.0 Å². The molecule has 0 fully saturated rings. The Morgan fingerprint density at radius 1 is 1.33 bits per heavy atom. The van der Waals surface area contributed by atoms with E-state index in [0.717, 1.165) is 5.56 Å². The second-order valence-electron chi connectivity index (χ2n) is 3.72. The number of nitrogens with zero attached hydrogens (tertiary/aromatic N) is 1. The molecule has 2 N–H and O–H groups in total. The van der Waals surface area contributed by atoms with Gasteiger partial charge in [-0.05, 0) is 30.2 Å². The Kier molecular flexibility index (Phi) is 2.41. The number of aliphatic hydroxyl groups is 1. The van der Waals surface area contributed by atoms with Crippen molar-refractivity contribution in [3.05, 3.63) is 33.3 Å². The molecule has 0 aromatic heterocycles. The monoisotopic (exact) mass is 245 g/mol. The summed E-state index contributed by atoms with van der Waals surface area (Å²) in [5.74, 6) is 0. The third kappa shape index (κ3) is 1.51. The summed E-state index contributed by atoms with van der Waals surface area (Å²) in [6.45, 7) is 1.57. The van der Waals surface area contributed by atoms with E-state index in [-0.39, 0.29) is 0 Å². The molecule has 1 aromatic carbocycles. The highest BCUT2D eigenvalue weighted by Crippen LogP contribution is 2.38. The minimum Gasteiger partial charge on any atom is -0.411 e. The lowest BCUT2D eigenvalue weighted by Crippen LogP contribution is -2.27. The highest BCUT2D eigenvalue weighted by atomic mass is 35.5. The Bertz CT molecular complexity index is 455. The van der Waals surface area contributed by atoms with E-state index in [1.165, 1.54) is 0 Å². The van der Waals surface area contributed by atoms with Gasteiger partial charge in [0.2, 0.25) is 0 Å². The molecule has 1 unspecified atom stereocenters. The SMILES string of the molecule is CC1(O)/C(=N\O)Cc2cc(Cl)c(Cl)cc21. The normalized spacial score (nSPS) is 27.1. The smallest absolute Gasteiger partial charge is 0.129 e. The van der Waals surface area contributed by atoms with E-state index in [1.807, 2.05) is 0 Å². The fraction of sp³-hybridized carbons (Fsp3) is 0.300. The van der Waals surface area contributed by atoms with Crippen LogP contribution in [0.15, 0.2) is 17.3 Å². The number of fused-ring (bicyclic) bond motifs is 1. The molecule has 15 heavy (non-hydrogen) atoms. The molecule has 1 atom stereocenters. The summed E-state index contributed by atoms with van der Waals surface area (Å²) in [6.07, 6.45) is 0.385. The molecule has 2 rings (SSSR count). The van der Waals surface area contributed by atoms with Gasteiger partial charge in [-0.1, -0.05) is 28.4 Å². The fourth-order valence-corrected chi connectivity index (χ4v) is 2.18. The predicted molar refractivity (Wildman–Crippen MR) is 59.0 cm³/mol. The van der Waals surface area contributed by atoms with Crippen molar-refractivity contribution in [2.45, 2.75) is 18.9 Å². The van der Waals surface area contributed by atoms with Crippen molar-refractivity contribution in [2.24, 2.45) is 5.16 Å². The zero-order chi connectivity index (χ0) is 11.2. The van der Waals surface area contributed by atoms with Crippen LogP contribution in [0.1, 0.15) is 18.1 Å². The molecular formula is C10H9Cl2NO2. The number of oxime groups is 1. The molecule has 0 bridgehead atoms. The predicted octanol–water partition coefficient (Wildman–Crippen LogP) is 2.59. The van der Waals surface area contributed by atoms with Crippen molar-refractivity contribution in [1.29, 1.82) is 0 Å². The van der Waals surface area contributed by atoms with Crippen LogP contribution in [0.5, 0.6) is 0 Å². The molecular weight excluding hydrogens is 237 g/mol. The first kappa shape index (κ1) is 10.7. The van der Waals surface area contributed by atoms with E-state index in [1.54, 1.807) is 19.1 Å². The maximum absolute atomic E-state index is 10.1. The quantitative estimate of drug-likeness (QED) is 0.546. The summed E-state index contributed by atoms with van der Waals surface area (Å²) >= 11 is 11.7. The minimum absolute atomic E-state index is 0.302. The largest absolute Gasteiger partial charge is 0.411 e. The fourth-order valence-electron chi connectivity index (χ4n) is 1.83. The molecule has 3 nitrogen and oxygen atoms in total. The van der Waals surface area contributed by atoms with Crippen LogP contribution in [-0.4, -0.2) is 16.0 Å². The Morgan fingerprint density at radius 3 is 2.53 bits per heavy atom. The zero-order valence-electron chi connectivity index (χ0n) is 7.96. The van der Waals surface area contributed by atoms with Gasteiger partial charge in [-0.3, -0.25) is 0 Å². The molecule has 0 heterocycles. The molecule has 0 radical (unpaired) electrons. The Hall–Kier alpha value is -0.770. The van der Waals surface area contributed by atoms with E-state index in [0.29, 0.717) is 27.7 Å². The summed E-state index contributed by atoms with van der Waals surface area (Å²) in [6, 6.07) is 3.29. The highest BCUT2D eigenvalue weighted by molar-refractivity contribution is 6.42. The van der Waals surface area contributed by atoms with Gasteiger partial charge in [0, 0.05) is 6.42 Å². The first-order valence-electron chi connectivity index (χ1n) is 4.39. The second-order valence-corrected chi connectivity index (χ2v) is 4.53. The lowest BCUT2D eigenvalue weighted by molar-refractivity contribution is 0.131. The molecule has 5 heteroatoms. The van der Waals surface area contributed by atoms with Crippen molar-refractivity contribution < 1.29 is 10.3 Å². The van der Waals surface area contributed by atoms with Gasteiger partial charge < -0.3 is 10.3 Å². The third-order valence-corrected chi connectivity index (χ3v) is 3.43. The van der Waals surface area contributed by atoms with Gasteiger partial charge >= 0.3 is 0 Å². The van der Waals surface area contributed by atoms with Crippen molar-refractivity contribution in [2.75, 3.05) is 0 Å². The molecule has 1 aliphatic rings. The molecule has 0 saturated heterocycles. The van der Waals surface area contributed by atoms with Crippen LogP contribution in [0.25, 0.3) is 0 Å². The third-order valence-electron chi connectivity index (χ3n) is 2.71. The topological polar surface area (TPSA) is 52.8 Å². The first-order chi connectivity index (χ1) is 6.96. The van der Waals surface area contributed by atoms with E-state index in [2.05, 4.69) is 5.16 Å². The molecule has 0 amide bonds. The molecule has 0 spiro atoms. The average molecular weight is 246 g/mol. The molecule has 0 aliphatic heterocycles. The lowest BCUT2D eigenvalue weighted by atomic mass is 9.97. The van der Waals surface area contributed by atoms with Crippen LogP contribution < -0.4 is 0 Å². The van der Waals surface area contributed by atoms with Crippen LogP contribution >= 0.6 is 23.2 Å². The molecule has 80 valence electrons. The van der Waals surface area contributed by atoms with E-state index >= 15 is 0 Å². The first-order valence-corrected chi connectivity index (χ1v) is 5.14. The van der Waals surface area contributed by atoms with Crippen molar-refractivity contribution >= 4 is 28.9 Å². The Morgan fingerprint density at radius 2 is 1.93 bits per heavy atom. The van der Waals surface area contributed by atoms with Crippen LogP contribution in [0.2, 0.25) is 10.0 Å². The molecule has 1 aromatic rings. The summed E-state index contributed by atoms with van der Waals surface area (Å²) < 4.78 is 0. The van der Waals surface area contributed by atoms with Gasteiger partial charge in [0.15, 0.2) is 0 Å². The number of halogens is 2. The zero-order valence-corrected chi connectivity index (χ0v) is 9.47. The molecule has 1 aliphatic carbocycles. The summed E-state index contributed by atoms with van der Waals surface area (Å²) in [5.41, 5.74) is 0.515. The highest BCUT2D eigenvalue weighted by Gasteiger charge is 2.39. The van der Waals surface area contributed by atoms with Crippen LogP contribution in [0, 0.1) is 0 Å². The van der Waals surface area contributed by atoms with Gasteiger partial charge in [-0.15, -0.1) is 0 Å². The number of rotatable bonds is 0. The van der Waals surface area contributed by atoms with E-state index in [4.69, 9.17) is 28.4 Å². The summed E-state index contributed by atoms with van der Waals surface area (Å²) in [4.78, 5) is 0. The lowest BCUT2D eigenvalue weighted by Gasteiger charge is -2.18. The maximum Gasteiger partial charge on any atom is 0.129 e. The number of hydrogen-bond donors (Lipinski definition) is 2. The summed E-state index contributed by atoms with van der Waals surface area (Å²) in [5, 5.41) is 22.8. The Balaban J connectivity index is 2.65. The number of hydrogen-bond acceptors (Lipinski definition) is 3. The average Bonchev–Trinajstić information content (AvgIpc) is 2.40. The van der Waals surface area contributed by atoms with Crippen LogP contribution in [0.3, 0.4) is 0 Å². The van der Waals surface area contributed by atoms with Crippen LogP contribution in [0.4, 0.5) is 0 Å². The van der Waals surface area contributed by atoms with E-state index in [9.17, 15) is 5.11 Å².